The molecular formula is C18H31NO. The summed E-state index contributed by atoms with van der Waals surface area (Å²) >= 11 is 0. The molecule has 0 radical (unpaired) electrons. The van der Waals surface area contributed by atoms with Crippen LogP contribution >= 0.6 is 0 Å². The van der Waals surface area contributed by atoms with Crippen molar-refractivity contribution in [3.63, 3.8) is 0 Å². The van der Waals surface area contributed by atoms with Crippen molar-refractivity contribution in [3.8, 4) is 0 Å². The van der Waals surface area contributed by atoms with Gasteiger partial charge in [0.2, 0.25) is 0 Å². The molecule has 0 bridgehead atoms. The van der Waals surface area contributed by atoms with E-state index in [1.807, 2.05) is 6.07 Å². The maximum Gasteiger partial charge on any atom is 0.0717 e. The van der Waals surface area contributed by atoms with E-state index in [4.69, 9.17) is 4.74 Å². The van der Waals surface area contributed by atoms with Crippen LogP contribution in [0, 0.1) is 11.8 Å². The molecule has 2 heteroatoms. The van der Waals surface area contributed by atoms with Crippen LogP contribution in [0.3, 0.4) is 0 Å². The summed E-state index contributed by atoms with van der Waals surface area (Å²) in [6.45, 7) is 13.8. The zero-order valence-corrected chi connectivity index (χ0v) is 13.8. The van der Waals surface area contributed by atoms with Gasteiger partial charge in [0.05, 0.1) is 13.2 Å². The number of hydrogen-bond acceptors (Lipinski definition) is 2. The molecule has 0 saturated heterocycles. The van der Waals surface area contributed by atoms with Crippen LogP contribution in [0.15, 0.2) is 30.3 Å². The third-order valence-electron chi connectivity index (χ3n) is 3.19. The summed E-state index contributed by atoms with van der Waals surface area (Å²) in [4.78, 5) is 0. The normalized spacial score (nSPS) is 13.7. The van der Waals surface area contributed by atoms with Crippen molar-refractivity contribution in [3.05, 3.63) is 35.9 Å². The van der Waals surface area contributed by atoms with Crippen LogP contribution in [0.5, 0.6) is 0 Å². The predicted molar refractivity (Wildman–Crippen MR) is 86.8 cm³/mol. The molecule has 0 heterocycles. The van der Waals surface area contributed by atoms with Crippen LogP contribution in [-0.4, -0.2) is 18.7 Å². The molecule has 0 aliphatic rings. The second kappa shape index (κ2) is 8.43. The standard InChI is InChI=1S/C18H31NO/c1-15(2)11-17(12-19-18(3,4)5)14-20-13-16-9-7-6-8-10-16/h6-10,15,17,19H,11-14H2,1-5H3. The maximum atomic E-state index is 5.91. The van der Waals surface area contributed by atoms with Crippen LogP contribution in [-0.2, 0) is 11.3 Å². The first kappa shape index (κ1) is 17.2. The second-order valence-electron chi connectivity index (χ2n) is 7.13. The van der Waals surface area contributed by atoms with Gasteiger partial charge in [-0.3, -0.25) is 0 Å². The van der Waals surface area contributed by atoms with Crippen molar-refractivity contribution in [2.45, 2.75) is 53.2 Å². The van der Waals surface area contributed by atoms with Gasteiger partial charge in [0.25, 0.3) is 0 Å². The predicted octanol–water partition coefficient (Wildman–Crippen LogP) is 4.25. The molecule has 2 nitrogen and oxygen atoms in total. The van der Waals surface area contributed by atoms with Gasteiger partial charge in [-0.25, -0.2) is 0 Å². The summed E-state index contributed by atoms with van der Waals surface area (Å²) in [5, 5.41) is 3.60. The Kier molecular flexibility index (Phi) is 7.25. The Bertz CT molecular complexity index is 353. The van der Waals surface area contributed by atoms with E-state index in [1.165, 1.54) is 12.0 Å². The summed E-state index contributed by atoms with van der Waals surface area (Å²) in [6.07, 6.45) is 1.21. The van der Waals surface area contributed by atoms with Gasteiger partial charge in [-0.05, 0) is 44.6 Å². The van der Waals surface area contributed by atoms with E-state index in [1.54, 1.807) is 0 Å². The Morgan fingerprint density at radius 3 is 2.30 bits per heavy atom. The lowest BCUT2D eigenvalue weighted by Crippen LogP contribution is -2.40. The summed E-state index contributed by atoms with van der Waals surface area (Å²) in [5.74, 6) is 1.29. The molecule has 0 aliphatic heterocycles. The summed E-state index contributed by atoms with van der Waals surface area (Å²) in [7, 11) is 0. The van der Waals surface area contributed by atoms with E-state index in [9.17, 15) is 0 Å². The van der Waals surface area contributed by atoms with Crippen LogP contribution in [0.2, 0.25) is 0 Å². The molecule has 0 aliphatic carbocycles. The highest BCUT2D eigenvalue weighted by molar-refractivity contribution is 5.13. The fraction of sp³-hybridized carbons (Fsp3) is 0.667. The van der Waals surface area contributed by atoms with E-state index in [2.05, 4.69) is 64.2 Å². The Labute approximate surface area is 124 Å². The van der Waals surface area contributed by atoms with Gasteiger partial charge in [-0.2, -0.15) is 0 Å². The highest BCUT2D eigenvalue weighted by Gasteiger charge is 2.15. The lowest BCUT2D eigenvalue weighted by atomic mass is 9.96. The van der Waals surface area contributed by atoms with Crippen molar-refractivity contribution in [1.82, 2.24) is 5.32 Å². The Hall–Kier alpha value is -0.860. The first-order valence-corrected chi connectivity index (χ1v) is 7.73. The van der Waals surface area contributed by atoms with E-state index in [0.29, 0.717) is 18.4 Å². The van der Waals surface area contributed by atoms with Crippen molar-refractivity contribution >= 4 is 0 Å². The van der Waals surface area contributed by atoms with Gasteiger partial charge < -0.3 is 10.1 Å². The highest BCUT2D eigenvalue weighted by atomic mass is 16.5. The molecule has 1 unspecified atom stereocenters. The van der Waals surface area contributed by atoms with Crippen molar-refractivity contribution < 1.29 is 4.74 Å². The number of ether oxygens (including phenoxy) is 1. The molecule has 1 aromatic rings. The number of rotatable bonds is 8. The van der Waals surface area contributed by atoms with Crippen molar-refractivity contribution in [2.24, 2.45) is 11.8 Å². The molecule has 114 valence electrons. The zero-order chi connectivity index (χ0) is 15.0. The molecule has 0 saturated carbocycles. The fourth-order valence-electron chi connectivity index (χ4n) is 2.25. The van der Waals surface area contributed by atoms with Gasteiger partial charge in [0, 0.05) is 12.1 Å². The van der Waals surface area contributed by atoms with Gasteiger partial charge in [-0.15, -0.1) is 0 Å². The second-order valence-corrected chi connectivity index (χ2v) is 7.13. The van der Waals surface area contributed by atoms with E-state index in [-0.39, 0.29) is 5.54 Å². The molecule has 1 aromatic carbocycles. The molecule has 1 atom stereocenters. The van der Waals surface area contributed by atoms with Gasteiger partial charge in [0.1, 0.15) is 0 Å². The minimum absolute atomic E-state index is 0.175. The van der Waals surface area contributed by atoms with Crippen LogP contribution < -0.4 is 5.32 Å². The highest BCUT2D eigenvalue weighted by Crippen LogP contribution is 2.14. The molecule has 0 spiro atoms. The Balaban J connectivity index is 2.36. The fourth-order valence-corrected chi connectivity index (χ4v) is 2.25. The third-order valence-corrected chi connectivity index (χ3v) is 3.19. The summed E-state index contributed by atoms with van der Waals surface area (Å²) in [5.41, 5.74) is 1.42. The number of benzene rings is 1. The quantitative estimate of drug-likeness (QED) is 0.767. The maximum absolute atomic E-state index is 5.91. The van der Waals surface area contributed by atoms with Crippen molar-refractivity contribution in [2.75, 3.05) is 13.2 Å². The Morgan fingerprint density at radius 2 is 1.75 bits per heavy atom. The average molecular weight is 277 g/mol. The molecule has 20 heavy (non-hydrogen) atoms. The minimum Gasteiger partial charge on any atom is -0.376 e. The molecule has 0 fully saturated rings. The van der Waals surface area contributed by atoms with Crippen LogP contribution in [0.1, 0.15) is 46.6 Å². The summed E-state index contributed by atoms with van der Waals surface area (Å²) in [6, 6.07) is 10.4. The van der Waals surface area contributed by atoms with Crippen molar-refractivity contribution in [1.29, 1.82) is 0 Å². The van der Waals surface area contributed by atoms with E-state index < -0.39 is 0 Å². The lowest BCUT2D eigenvalue weighted by molar-refractivity contribution is 0.0772. The van der Waals surface area contributed by atoms with Crippen LogP contribution in [0.4, 0.5) is 0 Å². The molecule has 1 rings (SSSR count). The van der Waals surface area contributed by atoms with Gasteiger partial charge in [0.15, 0.2) is 0 Å². The van der Waals surface area contributed by atoms with Gasteiger partial charge >= 0.3 is 0 Å². The largest absolute Gasteiger partial charge is 0.376 e. The average Bonchev–Trinajstić information content (AvgIpc) is 2.35. The molecule has 1 N–H and O–H groups in total. The number of hydrogen-bond donors (Lipinski definition) is 1. The first-order valence-electron chi connectivity index (χ1n) is 7.73. The topological polar surface area (TPSA) is 21.3 Å². The minimum atomic E-state index is 0.175. The van der Waals surface area contributed by atoms with Gasteiger partial charge in [-0.1, -0.05) is 44.2 Å². The van der Waals surface area contributed by atoms with E-state index in [0.717, 1.165) is 13.2 Å². The molecular weight excluding hydrogens is 246 g/mol. The number of nitrogens with one attached hydrogen (secondary N) is 1. The first-order chi connectivity index (χ1) is 9.37. The SMILES string of the molecule is CC(C)CC(CNC(C)(C)C)COCc1ccccc1. The lowest BCUT2D eigenvalue weighted by Gasteiger charge is -2.26. The zero-order valence-electron chi connectivity index (χ0n) is 13.8. The van der Waals surface area contributed by atoms with E-state index >= 15 is 0 Å². The third kappa shape index (κ3) is 8.34. The Morgan fingerprint density at radius 1 is 1.10 bits per heavy atom. The smallest absolute Gasteiger partial charge is 0.0717 e. The molecule has 0 aromatic heterocycles. The molecule has 0 amide bonds. The monoisotopic (exact) mass is 277 g/mol. The van der Waals surface area contributed by atoms with Crippen LogP contribution in [0.25, 0.3) is 0 Å². The summed E-state index contributed by atoms with van der Waals surface area (Å²) < 4.78 is 5.91.